The molecule has 1 saturated heterocycles. The van der Waals surface area contributed by atoms with Crippen molar-refractivity contribution < 1.29 is 19.4 Å². The number of rotatable bonds is 5. The van der Waals surface area contributed by atoms with Crippen LogP contribution in [-0.2, 0) is 14.3 Å². The van der Waals surface area contributed by atoms with Crippen molar-refractivity contribution in [3.05, 3.63) is 0 Å². The minimum absolute atomic E-state index is 0.0165. The summed E-state index contributed by atoms with van der Waals surface area (Å²) < 4.78 is 5.29. The standard InChI is InChI=1S/C15H26N2O4/c1-2-17(13-9-21-8-12(13)15(19)20)14(18)11-5-3-10(7-16)4-6-11/h10-13H,2-9,16H2,1H3,(H,19,20). The van der Waals surface area contributed by atoms with E-state index in [0.717, 1.165) is 25.7 Å². The number of carbonyl (C=O) groups excluding carboxylic acids is 1. The number of carboxylic acids is 1. The van der Waals surface area contributed by atoms with Crippen molar-refractivity contribution in [1.82, 2.24) is 4.90 Å². The molecule has 0 aromatic rings. The highest BCUT2D eigenvalue weighted by Gasteiger charge is 2.41. The van der Waals surface area contributed by atoms with Gasteiger partial charge in [0.05, 0.1) is 19.3 Å². The Kier molecular flexibility index (Phi) is 5.58. The summed E-state index contributed by atoms with van der Waals surface area (Å²) in [5.41, 5.74) is 5.68. The van der Waals surface area contributed by atoms with Gasteiger partial charge >= 0.3 is 5.97 Å². The predicted octanol–water partition coefficient (Wildman–Crippen LogP) is 0.700. The second kappa shape index (κ2) is 7.22. The minimum Gasteiger partial charge on any atom is -0.481 e. The molecule has 0 bridgehead atoms. The molecule has 0 aromatic heterocycles. The third-order valence-corrected chi connectivity index (χ3v) is 4.92. The summed E-state index contributed by atoms with van der Waals surface area (Å²) in [6, 6.07) is -0.327. The second-order valence-electron chi connectivity index (χ2n) is 6.13. The number of amides is 1. The van der Waals surface area contributed by atoms with Gasteiger partial charge in [0.2, 0.25) is 5.91 Å². The first kappa shape index (κ1) is 16.2. The average molecular weight is 298 g/mol. The summed E-state index contributed by atoms with van der Waals surface area (Å²) in [5.74, 6) is -0.840. The molecule has 1 amide bonds. The fourth-order valence-electron chi connectivity index (χ4n) is 3.52. The Bertz CT molecular complexity index is 380. The Labute approximate surface area is 125 Å². The van der Waals surface area contributed by atoms with Gasteiger partial charge in [-0.05, 0) is 45.1 Å². The first-order valence-corrected chi connectivity index (χ1v) is 7.89. The quantitative estimate of drug-likeness (QED) is 0.779. The van der Waals surface area contributed by atoms with Crippen LogP contribution in [-0.4, -0.2) is 54.2 Å². The molecule has 0 radical (unpaired) electrons. The Morgan fingerprint density at radius 2 is 1.90 bits per heavy atom. The topological polar surface area (TPSA) is 92.9 Å². The number of hydrogen-bond donors (Lipinski definition) is 2. The zero-order valence-corrected chi connectivity index (χ0v) is 12.7. The number of carboxylic acid groups (broad SMARTS) is 1. The molecule has 6 heteroatoms. The van der Waals surface area contributed by atoms with E-state index in [4.69, 9.17) is 10.5 Å². The third-order valence-electron chi connectivity index (χ3n) is 4.92. The van der Waals surface area contributed by atoms with Gasteiger partial charge in [-0.15, -0.1) is 0 Å². The number of likely N-dealkylation sites (N-methyl/N-ethyl adjacent to an activating group) is 1. The van der Waals surface area contributed by atoms with Gasteiger partial charge in [-0.2, -0.15) is 0 Å². The van der Waals surface area contributed by atoms with E-state index in [1.54, 1.807) is 4.90 Å². The first-order valence-electron chi connectivity index (χ1n) is 7.89. The molecule has 2 fully saturated rings. The van der Waals surface area contributed by atoms with E-state index in [1.807, 2.05) is 6.92 Å². The molecule has 6 nitrogen and oxygen atoms in total. The molecule has 120 valence electrons. The van der Waals surface area contributed by atoms with Gasteiger partial charge in [0.25, 0.3) is 0 Å². The zero-order valence-electron chi connectivity index (χ0n) is 12.7. The molecule has 1 aliphatic heterocycles. The molecule has 2 unspecified atom stereocenters. The van der Waals surface area contributed by atoms with E-state index >= 15 is 0 Å². The number of ether oxygens (including phenoxy) is 1. The van der Waals surface area contributed by atoms with Gasteiger partial charge < -0.3 is 20.5 Å². The van der Waals surface area contributed by atoms with Crippen molar-refractivity contribution in [2.24, 2.45) is 23.5 Å². The Balaban J connectivity index is 2.00. The van der Waals surface area contributed by atoms with Gasteiger partial charge in [-0.3, -0.25) is 9.59 Å². The molecule has 1 saturated carbocycles. The maximum Gasteiger partial charge on any atom is 0.311 e. The van der Waals surface area contributed by atoms with Crippen LogP contribution in [0.15, 0.2) is 0 Å². The molecule has 2 aliphatic rings. The van der Waals surface area contributed by atoms with Gasteiger partial charge in [-0.25, -0.2) is 0 Å². The fourth-order valence-corrected chi connectivity index (χ4v) is 3.52. The highest BCUT2D eigenvalue weighted by atomic mass is 16.5. The van der Waals surface area contributed by atoms with Crippen molar-refractivity contribution in [2.75, 3.05) is 26.3 Å². The van der Waals surface area contributed by atoms with E-state index in [1.165, 1.54) is 0 Å². The predicted molar refractivity (Wildman–Crippen MR) is 77.6 cm³/mol. The lowest BCUT2D eigenvalue weighted by Gasteiger charge is -2.35. The zero-order chi connectivity index (χ0) is 15.4. The highest BCUT2D eigenvalue weighted by Crippen LogP contribution is 2.31. The Morgan fingerprint density at radius 1 is 1.24 bits per heavy atom. The van der Waals surface area contributed by atoms with Crippen molar-refractivity contribution in [2.45, 2.75) is 38.6 Å². The number of hydrogen-bond acceptors (Lipinski definition) is 4. The number of nitrogens with zero attached hydrogens (tertiary/aromatic N) is 1. The van der Waals surface area contributed by atoms with E-state index in [-0.39, 0.29) is 24.5 Å². The smallest absolute Gasteiger partial charge is 0.311 e. The van der Waals surface area contributed by atoms with Crippen LogP contribution in [0.25, 0.3) is 0 Å². The Morgan fingerprint density at radius 3 is 2.43 bits per heavy atom. The SMILES string of the molecule is CCN(C(=O)C1CCC(CN)CC1)C1COCC1C(=O)O. The largest absolute Gasteiger partial charge is 0.481 e. The van der Waals surface area contributed by atoms with E-state index < -0.39 is 11.9 Å². The molecule has 0 aromatic carbocycles. The van der Waals surface area contributed by atoms with E-state index in [9.17, 15) is 14.7 Å². The van der Waals surface area contributed by atoms with Crippen LogP contribution < -0.4 is 5.73 Å². The maximum absolute atomic E-state index is 12.7. The molecule has 1 aliphatic carbocycles. The molecule has 21 heavy (non-hydrogen) atoms. The van der Waals surface area contributed by atoms with Crippen molar-refractivity contribution in [3.63, 3.8) is 0 Å². The molecular weight excluding hydrogens is 272 g/mol. The van der Waals surface area contributed by atoms with Crippen LogP contribution in [0, 0.1) is 17.8 Å². The van der Waals surface area contributed by atoms with Crippen LogP contribution in [0.2, 0.25) is 0 Å². The van der Waals surface area contributed by atoms with Gasteiger partial charge in [0.15, 0.2) is 0 Å². The monoisotopic (exact) mass is 298 g/mol. The summed E-state index contributed by atoms with van der Waals surface area (Å²) in [6.07, 6.45) is 3.72. The molecular formula is C15H26N2O4. The number of nitrogens with two attached hydrogens (primary N) is 1. The van der Waals surface area contributed by atoms with Crippen LogP contribution in [0.1, 0.15) is 32.6 Å². The molecule has 1 heterocycles. The lowest BCUT2D eigenvalue weighted by Crippen LogP contribution is -2.49. The molecule has 3 N–H and O–H groups in total. The lowest BCUT2D eigenvalue weighted by atomic mass is 9.81. The van der Waals surface area contributed by atoms with E-state index in [2.05, 4.69) is 0 Å². The first-order chi connectivity index (χ1) is 10.1. The lowest BCUT2D eigenvalue weighted by molar-refractivity contribution is -0.146. The van der Waals surface area contributed by atoms with Crippen molar-refractivity contribution >= 4 is 11.9 Å². The van der Waals surface area contributed by atoms with Crippen molar-refractivity contribution in [1.29, 1.82) is 0 Å². The van der Waals surface area contributed by atoms with Gasteiger partial charge in [0.1, 0.15) is 5.92 Å². The molecule has 2 atom stereocenters. The van der Waals surface area contributed by atoms with Crippen molar-refractivity contribution in [3.8, 4) is 0 Å². The second-order valence-corrected chi connectivity index (χ2v) is 6.13. The Hall–Kier alpha value is -1.14. The summed E-state index contributed by atoms with van der Waals surface area (Å²) in [7, 11) is 0. The average Bonchev–Trinajstić information content (AvgIpc) is 2.97. The third kappa shape index (κ3) is 3.55. The van der Waals surface area contributed by atoms with Crippen LogP contribution in [0.5, 0.6) is 0 Å². The van der Waals surface area contributed by atoms with Crippen LogP contribution in [0.4, 0.5) is 0 Å². The van der Waals surface area contributed by atoms with Gasteiger partial charge in [0, 0.05) is 12.5 Å². The summed E-state index contributed by atoms with van der Waals surface area (Å²) in [5, 5.41) is 9.25. The minimum atomic E-state index is -0.879. The normalized spacial score (nSPS) is 32.9. The van der Waals surface area contributed by atoms with E-state index in [0.29, 0.717) is 25.6 Å². The van der Waals surface area contributed by atoms with Crippen LogP contribution >= 0.6 is 0 Å². The molecule has 0 spiro atoms. The summed E-state index contributed by atoms with van der Waals surface area (Å²) in [6.45, 7) is 3.66. The fraction of sp³-hybridized carbons (Fsp3) is 0.867. The maximum atomic E-state index is 12.7. The highest BCUT2D eigenvalue weighted by molar-refractivity contribution is 5.80. The number of carbonyl (C=O) groups is 2. The summed E-state index contributed by atoms with van der Waals surface area (Å²) >= 11 is 0. The molecule has 2 rings (SSSR count). The number of aliphatic carboxylic acids is 1. The van der Waals surface area contributed by atoms with Gasteiger partial charge in [-0.1, -0.05) is 0 Å². The van der Waals surface area contributed by atoms with Crippen LogP contribution in [0.3, 0.4) is 0 Å². The summed E-state index contributed by atoms with van der Waals surface area (Å²) in [4.78, 5) is 25.7.